The molecule has 2 aromatic rings. The van der Waals surface area contributed by atoms with Crippen LogP contribution in [0.15, 0.2) is 46.8 Å². The number of hydrogen-bond donors (Lipinski definition) is 2. The van der Waals surface area contributed by atoms with Crippen LogP contribution in [-0.2, 0) is 25.8 Å². The van der Waals surface area contributed by atoms with Crippen molar-refractivity contribution in [3.05, 3.63) is 69.6 Å². The van der Waals surface area contributed by atoms with Crippen LogP contribution in [0.3, 0.4) is 0 Å². The quantitative estimate of drug-likeness (QED) is 0.493. The van der Waals surface area contributed by atoms with Gasteiger partial charge in [-0.25, -0.2) is 13.2 Å². The molecule has 4 amide bonds. The highest BCUT2D eigenvalue weighted by Gasteiger charge is 2.48. The maximum atomic E-state index is 13.2. The van der Waals surface area contributed by atoms with Gasteiger partial charge in [-0.05, 0) is 87.6 Å². The lowest BCUT2D eigenvalue weighted by Crippen LogP contribution is -2.50. The van der Waals surface area contributed by atoms with Gasteiger partial charge in [-0.2, -0.15) is 17.5 Å². The number of carbonyl (C=O) groups is 3. The summed E-state index contributed by atoms with van der Waals surface area (Å²) < 4.78 is 67.2. The van der Waals surface area contributed by atoms with E-state index < -0.39 is 50.7 Å². The highest BCUT2D eigenvalue weighted by atomic mass is 32.2. The molecule has 3 aliphatic heterocycles. The van der Waals surface area contributed by atoms with Gasteiger partial charge in [0.2, 0.25) is 10.0 Å². The first-order chi connectivity index (χ1) is 19.9. The van der Waals surface area contributed by atoms with Crippen molar-refractivity contribution >= 4 is 45.5 Å². The number of aliphatic imine (C=N–C) groups is 1. The Kier molecular flexibility index (Phi) is 7.29. The van der Waals surface area contributed by atoms with Crippen LogP contribution in [0.25, 0.3) is 6.08 Å². The third-order valence-electron chi connectivity index (χ3n) is 8.13. The van der Waals surface area contributed by atoms with Crippen LogP contribution < -0.4 is 15.5 Å². The Balaban J connectivity index is 1.31. The molecule has 3 heterocycles. The van der Waals surface area contributed by atoms with Crippen LogP contribution in [0.1, 0.15) is 54.5 Å². The zero-order valence-electron chi connectivity index (χ0n) is 23.9. The first kappa shape index (κ1) is 30.4. The minimum atomic E-state index is -4.55. The summed E-state index contributed by atoms with van der Waals surface area (Å²) >= 11 is 0. The molecule has 0 unspecified atom stereocenters. The monoisotopic (exact) mass is 617 g/mol. The molecule has 228 valence electrons. The number of hydrogen-bond acceptors (Lipinski definition) is 6. The summed E-state index contributed by atoms with van der Waals surface area (Å²) in [4.78, 5) is 43.3. The van der Waals surface area contributed by atoms with E-state index in [1.807, 2.05) is 0 Å². The van der Waals surface area contributed by atoms with Crippen LogP contribution in [0.5, 0.6) is 0 Å². The van der Waals surface area contributed by atoms with Crippen molar-refractivity contribution in [1.82, 2.24) is 14.9 Å². The van der Waals surface area contributed by atoms with Crippen molar-refractivity contribution in [2.75, 3.05) is 18.0 Å². The normalized spacial score (nSPS) is 20.6. The molecule has 0 saturated carbocycles. The Morgan fingerprint density at radius 3 is 2.14 bits per heavy atom. The Bertz CT molecular complexity index is 1680. The fourth-order valence-electron chi connectivity index (χ4n) is 5.63. The predicted molar refractivity (Wildman–Crippen MR) is 154 cm³/mol. The molecule has 0 aliphatic carbocycles. The number of piperidine rings is 1. The van der Waals surface area contributed by atoms with Gasteiger partial charge >= 0.3 is 12.2 Å². The maximum absolute atomic E-state index is 13.2. The van der Waals surface area contributed by atoms with Crippen LogP contribution >= 0.6 is 0 Å². The molecule has 43 heavy (non-hydrogen) atoms. The first-order valence-electron chi connectivity index (χ1n) is 13.5. The van der Waals surface area contributed by atoms with Gasteiger partial charge < -0.3 is 5.32 Å². The standard InChI is InChI=1S/C29H30F3N5O5S/c1-17-14-21(37-26(40)34-24(38)27(37,3)4)15-18(2)22(17)8-13-43(41,42)36-11-9-28(10-12-36)25(39)33-23(35-28)19-6-5-7-20(16-19)29(30,31)32/h5-8,13-16H,9-12H2,1-4H3,(H,33,35,39)(H,34,38,40)/b13-8+. The van der Waals surface area contributed by atoms with E-state index >= 15 is 0 Å². The lowest BCUT2D eigenvalue weighted by Gasteiger charge is -2.34. The Labute approximate surface area is 246 Å². The SMILES string of the molecule is Cc1cc(N2C(=O)NC(=O)C2(C)C)cc(C)c1/C=C/S(=O)(=O)N1CCC2(CC1)N=C(c1cccc(C(F)(F)F)c1)NC2=O. The fraction of sp³-hybridized carbons (Fsp3) is 0.379. The number of alkyl halides is 3. The second-order valence-electron chi connectivity index (χ2n) is 11.4. The van der Waals surface area contributed by atoms with Crippen molar-refractivity contribution in [2.45, 2.75) is 57.8 Å². The van der Waals surface area contributed by atoms with E-state index in [1.54, 1.807) is 39.8 Å². The van der Waals surface area contributed by atoms with E-state index in [4.69, 9.17) is 0 Å². The van der Waals surface area contributed by atoms with Gasteiger partial charge in [-0.1, -0.05) is 12.1 Å². The first-order valence-corrected chi connectivity index (χ1v) is 15.0. The molecule has 5 rings (SSSR count). The third-order valence-corrected chi connectivity index (χ3v) is 9.70. The smallest absolute Gasteiger partial charge is 0.308 e. The van der Waals surface area contributed by atoms with Gasteiger partial charge in [0.15, 0.2) is 0 Å². The number of amidine groups is 1. The van der Waals surface area contributed by atoms with Gasteiger partial charge in [0.25, 0.3) is 11.8 Å². The summed E-state index contributed by atoms with van der Waals surface area (Å²) in [5, 5.41) is 5.96. The maximum Gasteiger partial charge on any atom is 0.416 e. The summed E-state index contributed by atoms with van der Waals surface area (Å²) in [6, 6.07) is 7.39. The molecule has 0 bridgehead atoms. The zero-order valence-corrected chi connectivity index (χ0v) is 24.7. The number of nitrogens with zero attached hydrogens (tertiary/aromatic N) is 3. The number of aryl methyl sites for hydroxylation is 2. The third kappa shape index (κ3) is 5.44. The minimum Gasteiger partial charge on any atom is -0.308 e. The number of urea groups is 1. The molecular weight excluding hydrogens is 587 g/mol. The number of carbonyl (C=O) groups excluding carboxylic acids is 3. The summed E-state index contributed by atoms with van der Waals surface area (Å²) in [5.41, 5.74) is -0.566. The highest BCUT2D eigenvalue weighted by Crippen LogP contribution is 2.35. The van der Waals surface area contributed by atoms with Crippen molar-refractivity contribution < 1.29 is 36.0 Å². The molecule has 10 nitrogen and oxygen atoms in total. The second kappa shape index (κ2) is 10.3. The van der Waals surface area contributed by atoms with Crippen molar-refractivity contribution in [2.24, 2.45) is 4.99 Å². The number of imide groups is 1. The topological polar surface area (TPSA) is 128 Å². The molecule has 1 spiro atoms. The molecule has 0 radical (unpaired) electrons. The lowest BCUT2D eigenvalue weighted by atomic mass is 9.89. The number of benzene rings is 2. The van der Waals surface area contributed by atoms with E-state index in [0.717, 1.165) is 17.5 Å². The van der Waals surface area contributed by atoms with Crippen molar-refractivity contribution in [3.8, 4) is 0 Å². The van der Waals surface area contributed by atoms with Crippen molar-refractivity contribution in [1.29, 1.82) is 0 Å². The Morgan fingerprint density at radius 2 is 1.58 bits per heavy atom. The van der Waals surface area contributed by atoms with Crippen LogP contribution in [0.2, 0.25) is 0 Å². The van der Waals surface area contributed by atoms with Crippen LogP contribution in [-0.4, -0.2) is 60.6 Å². The van der Waals surface area contributed by atoms with Gasteiger partial charge in [-0.15, -0.1) is 0 Å². The minimum absolute atomic E-state index is 0.0104. The molecule has 2 fully saturated rings. The number of anilines is 1. The zero-order chi connectivity index (χ0) is 31.5. The Hall–Kier alpha value is -4.04. The van der Waals surface area contributed by atoms with Gasteiger partial charge in [0, 0.05) is 29.7 Å². The van der Waals surface area contributed by atoms with E-state index in [0.29, 0.717) is 22.4 Å². The average molecular weight is 618 g/mol. The van der Waals surface area contributed by atoms with Crippen LogP contribution in [0, 0.1) is 13.8 Å². The lowest BCUT2D eigenvalue weighted by molar-refractivity contribution is -0.137. The molecule has 2 N–H and O–H groups in total. The van der Waals surface area contributed by atoms with Gasteiger partial charge in [0.05, 0.1) is 5.56 Å². The molecule has 2 saturated heterocycles. The number of halogens is 3. The van der Waals surface area contributed by atoms with E-state index in [-0.39, 0.29) is 37.3 Å². The van der Waals surface area contributed by atoms with E-state index in [9.17, 15) is 36.0 Å². The van der Waals surface area contributed by atoms with Gasteiger partial charge in [-0.3, -0.25) is 24.8 Å². The van der Waals surface area contributed by atoms with Crippen molar-refractivity contribution in [3.63, 3.8) is 0 Å². The summed E-state index contributed by atoms with van der Waals surface area (Å²) in [7, 11) is -3.90. The van der Waals surface area contributed by atoms with Gasteiger partial charge in [0.1, 0.15) is 16.9 Å². The van der Waals surface area contributed by atoms with E-state index in [2.05, 4.69) is 15.6 Å². The number of nitrogens with one attached hydrogen (secondary N) is 2. The summed E-state index contributed by atoms with van der Waals surface area (Å²) in [5.74, 6) is -0.866. The molecule has 2 aromatic carbocycles. The largest absolute Gasteiger partial charge is 0.416 e. The summed E-state index contributed by atoms with van der Waals surface area (Å²) in [6.07, 6.45) is -2.95. The second-order valence-corrected chi connectivity index (χ2v) is 13.2. The number of rotatable bonds is 5. The predicted octanol–water partition coefficient (Wildman–Crippen LogP) is 3.87. The molecule has 3 aliphatic rings. The average Bonchev–Trinajstić information content (AvgIpc) is 3.33. The number of amides is 4. The highest BCUT2D eigenvalue weighted by molar-refractivity contribution is 7.92. The Morgan fingerprint density at radius 1 is 0.953 bits per heavy atom. The van der Waals surface area contributed by atoms with Crippen LogP contribution in [0.4, 0.5) is 23.7 Å². The molecule has 14 heteroatoms. The number of sulfonamides is 1. The molecule has 0 atom stereocenters. The summed E-state index contributed by atoms with van der Waals surface area (Å²) in [6.45, 7) is 6.79. The molecular formula is C29H30F3N5O5S. The fourth-order valence-corrected chi connectivity index (χ4v) is 6.80. The van der Waals surface area contributed by atoms with E-state index in [1.165, 1.54) is 27.4 Å². The molecule has 0 aromatic heterocycles.